The third-order valence-corrected chi connectivity index (χ3v) is 5.61. The maximum absolute atomic E-state index is 14.7. The van der Waals surface area contributed by atoms with Gasteiger partial charge in [0.15, 0.2) is 5.82 Å². The number of rotatable bonds is 4. The average Bonchev–Trinajstić information content (AvgIpc) is 3.08. The van der Waals surface area contributed by atoms with E-state index in [1.54, 1.807) is 19.2 Å². The van der Waals surface area contributed by atoms with Gasteiger partial charge >= 0.3 is 0 Å². The van der Waals surface area contributed by atoms with Crippen LogP contribution in [0.2, 0.25) is 0 Å². The number of anilines is 1. The zero-order valence-electron chi connectivity index (χ0n) is 14.8. The van der Waals surface area contributed by atoms with Gasteiger partial charge in [-0.15, -0.1) is 10.2 Å². The number of nitrogens with zero attached hydrogens (tertiary/aromatic N) is 3. The first-order valence-corrected chi connectivity index (χ1v) is 9.02. The van der Waals surface area contributed by atoms with Crippen LogP contribution in [0.1, 0.15) is 31.3 Å². The number of fused-ring (bicyclic) bond motifs is 2. The van der Waals surface area contributed by atoms with Crippen LogP contribution in [0.4, 0.5) is 19.0 Å². The van der Waals surface area contributed by atoms with Crippen molar-refractivity contribution in [2.75, 3.05) is 11.9 Å². The Morgan fingerprint density at radius 1 is 1.19 bits per heavy atom. The third kappa shape index (κ3) is 3.34. The molecule has 4 rings (SSSR count). The quantitative estimate of drug-likeness (QED) is 0.853. The van der Waals surface area contributed by atoms with Crippen molar-refractivity contribution in [2.45, 2.75) is 50.0 Å². The second-order valence-electron chi connectivity index (χ2n) is 7.26. The molecule has 0 amide bonds. The van der Waals surface area contributed by atoms with Gasteiger partial charge in [0.05, 0.1) is 11.7 Å². The van der Waals surface area contributed by atoms with Gasteiger partial charge in [-0.2, -0.15) is 0 Å². The minimum atomic E-state index is -2.65. The Morgan fingerprint density at radius 2 is 2.00 bits per heavy atom. The second-order valence-corrected chi connectivity index (χ2v) is 7.26. The first kappa shape index (κ1) is 18.0. The highest BCUT2D eigenvalue weighted by Gasteiger charge is 2.43. The lowest BCUT2D eigenvalue weighted by Crippen LogP contribution is -2.55. The molecule has 2 bridgehead atoms. The molecule has 2 fully saturated rings. The monoisotopic (exact) mass is 378 g/mol. The summed E-state index contributed by atoms with van der Waals surface area (Å²) in [7, 11) is 1.81. The van der Waals surface area contributed by atoms with E-state index in [9.17, 15) is 18.3 Å². The van der Waals surface area contributed by atoms with Crippen molar-refractivity contribution in [2.24, 2.45) is 0 Å². The SMILES string of the molecule is CN(c1ccc(-c2ccc(C(F)F)cc2O)nn1)[C@H]1C[C@@H]2CC[C@@H](N2)[C@H]1F. The zero-order valence-corrected chi connectivity index (χ0v) is 14.8. The highest BCUT2D eigenvalue weighted by molar-refractivity contribution is 5.67. The summed E-state index contributed by atoms with van der Waals surface area (Å²) in [4.78, 5) is 1.81. The summed E-state index contributed by atoms with van der Waals surface area (Å²) in [6.07, 6.45) is -1.06. The Labute approximate surface area is 155 Å². The topological polar surface area (TPSA) is 61.3 Å². The third-order valence-electron chi connectivity index (χ3n) is 5.61. The van der Waals surface area contributed by atoms with Crippen molar-refractivity contribution >= 4 is 5.82 Å². The van der Waals surface area contributed by atoms with Crippen molar-refractivity contribution in [3.05, 3.63) is 35.9 Å². The maximum atomic E-state index is 14.7. The molecule has 2 aromatic rings. The van der Waals surface area contributed by atoms with E-state index in [4.69, 9.17) is 0 Å². The Hall–Kier alpha value is -2.35. The fraction of sp³-hybridized carbons (Fsp3) is 0.474. The van der Waals surface area contributed by atoms with E-state index >= 15 is 0 Å². The van der Waals surface area contributed by atoms with Crippen LogP contribution in [0, 0.1) is 0 Å². The number of halogens is 3. The predicted octanol–water partition coefficient (Wildman–Crippen LogP) is 3.45. The van der Waals surface area contributed by atoms with Crippen LogP contribution >= 0.6 is 0 Å². The molecule has 0 aliphatic carbocycles. The van der Waals surface area contributed by atoms with Gasteiger partial charge in [-0.25, -0.2) is 13.2 Å². The molecule has 0 spiro atoms. The molecule has 3 heterocycles. The van der Waals surface area contributed by atoms with Crippen molar-refractivity contribution in [1.82, 2.24) is 15.5 Å². The Morgan fingerprint density at radius 3 is 2.67 bits per heavy atom. The van der Waals surface area contributed by atoms with Crippen LogP contribution in [0.5, 0.6) is 5.75 Å². The van der Waals surface area contributed by atoms with Crippen molar-refractivity contribution in [3.8, 4) is 17.0 Å². The van der Waals surface area contributed by atoms with Crippen LogP contribution < -0.4 is 10.2 Å². The van der Waals surface area contributed by atoms with E-state index in [0.29, 0.717) is 29.5 Å². The zero-order chi connectivity index (χ0) is 19.1. The lowest BCUT2D eigenvalue weighted by molar-refractivity contribution is 0.151. The molecule has 4 atom stereocenters. The molecule has 2 aliphatic heterocycles. The molecule has 5 nitrogen and oxygen atoms in total. The molecule has 0 saturated carbocycles. The van der Waals surface area contributed by atoms with Crippen LogP contribution in [-0.2, 0) is 0 Å². The van der Waals surface area contributed by atoms with E-state index in [1.165, 1.54) is 12.1 Å². The number of hydrogen-bond acceptors (Lipinski definition) is 5. The molecular weight excluding hydrogens is 357 g/mol. The average molecular weight is 378 g/mol. The highest BCUT2D eigenvalue weighted by atomic mass is 19.3. The molecule has 1 aromatic carbocycles. The summed E-state index contributed by atoms with van der Waals surface area (Å²) in [5.74, 6) is 0.262. The standard InChI is InChI=1S/C19H21F3N4O/c1-26(15-9-11-3-5-14(23-11)18(15)20)17-7-6-13(24-25-17)12-4-2-10(19(21)22)8-16(12)27/h2,4,6-8,11,14-15,18-19,23,27H,3,5,9H2,1H3/t11-,14+,15-,18+/m0/s1. The number of alkyl halides is 3. The number of benzene rings is 1. The van der Waals surface area contributed by atoms with Gasteiger partial charge in [-0.3, -0.25) is 0 Å². The summed E-state index contributed by atoms with van der Waals surface area (Å²) in [5.41, 5.74) is 0.437. The van der Waals surface area contributed by atoms with Crippen LogP contribution in [0.3, 0.4) is 0 Å². The molecule has 2 saturated heterocycles. The van der Waals surface area contributed by atoms with Gasteiger partial charge in [-0.05, 0) is 43.5 Å². The van der Waals surface area contributed by atoms with Gasteiger partial charge in [0.1, 0.15) is 11.9 Å². The number of phenols is 1. The molecule has 144 valence electrons. The van der Waals surface area contributed by atoms with E-state index in [2.05, 4.69) is 15.5 Å². The van der Waals surface area contributed by atoms with Crippen LogP contribution in [0.15, 0.2) is 30.3 Å². The largest absolute Gasteiger partial charge is 0.507 e. The van der Waals surface area contributed by atoms with E-state index < -0.39 is 12.6 Å². The first-order chi connectivity index (χ1) is 12.9. The number of aromatic hydroxyl groups is 1. The van der Waals surface area contributed by atoms with Crippen molar-refractivity contribution < 1.29 is 18.3 Å². The van der Waals surface area contributed by atoms with Gasteiger partial charge in [-0.1, -0.05) is 6.07 Å². The molecule has 1 aromatic heterocycles. The fourth-order valence-electron chi connectivity index (χ4n) is 4.08. The lowest BCUT2D eigenvalue weighted by atomic mass is 9.96. The van der Waals surface area contributed by atoms with Crippen molar-refractivity contribution in [3.63, 3.8) is 0 Å². The lowest BCUT2D eigenvalue weighted by Gasteiger charge is -2.38. The fourth-order valence-corrected chi connectivity index (χ4v) is 4.08. The first-order valence-electron chi connectivity index (χ1n) is 9.02. The molecule has 8 heteroatoms. The highest BCUT2D eigenvalue weighted by Crippen LogP contribution is 2.34. The van der Waals surface area contributed by atoms with Crippen LogP contribution in [0.25, 0.3) is 11.3 Å². The molecule has 0 radical (unpaired) electrons. The smallest absolute Gasteiger partial charge is 0.263 e. The second kappa shape index (κ2) is 6.99. The molecule has 2 aliphatic rings. The Balaban J connectivity index is 1.54. The van der Waals surface area contributed by atoms with Gasteiger partial charge in [0.2, 0.25) is 0 Å². The number of nitrogens with one attached hydrogen (secondary N) is 1. The number of hydrogen-bond donors (Lipinski definition) is 2. The summed E-state index contributed by atoms with van der Waals surface area (Å²) in [6, 6.07) is 7.01. The predicted molar refractivity (Wildman–Crippen MR) is 95.7 cm³/mol. The normalized spacial score (nSPS) is 27.1. The number of piperidine rings is 1. The summed E-state index contributed by atoms with van der Waals surface area (Å²) in [5, 5.41) is 21.6. The summed E-state index contributed by atoms with van der Waals surface area (Å²) >= 11 is 0. The molecule has 2 N–H and O–H groups in total. The van der Waals surface area contributed by atoms with Gasteiger partial charge in [0, 0.05) is 30.3 Å². The van der Waals surface area contributed by atoms with Crippen molar-refractivity contribution in [1.29, 1.82) is 0 Å². The minimum Gasteiger partial charge on any atom is -0.507 e. The van der Waals surface area contributed by atoms with Gasteiger partial charge < -0.3 is 15.3 Å². The Bertz CT molecular complexity index is 817. The Kier molecular flexibility index (Phi) is 4.67. The maximum Gasteiger partial charge on any atom is 0.263 e. The molecule has 27 heavy (non-hydrogen) atoms. The molecule has 0 unspecified atom stereocenters. The molecular formula is C19H21F3N4O. The van der Waals surface area contributed by atoms with Gasteiger partial charge in [0.25, 0.3) is 6.43 Å². The summed E-state index contributed by atoms with van der Waals surface area (Å²) < 4.78 is 40.2. The minimum absolute atomic E-state index is 0.103. The van der Waals surface area contributed by atoms with Crippen LogP contribution in [-0.4, -0.2) is 46.6 Å². The van der Waals surface area contributed by atoms with E-state index in [1.807, 2.05) is 4.90 Å². The number of aromatic nitrogens is 2. The summed E-state index contributed by atoms with van der Waals surface area (Å²) in [6.45, 7) is 0. The van der Waals surface area contributed by atoms with E-state index in [0.717, 1.165) is 18.9 Å². The van der Waals surface area contributed by atoms with E-state index in [-0.39, 0.29) is 23.4 Å². The number of phenolic OH excluding ortho intramolecular Hbond substituents is 1.